The summed E-state index contributed by atoms with van der Waals surface area (Å²) in [4.78, 5) is 14.8. The summed E-state index contributed by atoms with van der Waals surface area (Å²) in [5.74, 6) is 0.609. The van der Waals surface area contributed by atoms with Crippen molar-refractivity contribution in [3.05, 3.63) is 70.0 Å². The van der Waals surface area contributed by atoms with Gasteiger partial charge in [0.05, 0.1) is 11.5 Å². The first-order chi connectivity index (χ1) is 13.0. The Bertz CT molecular complexity index is 804. The average molecular weight is 502 g/mol. The fraction of sp³-hybridized carbons (Fsp3) is 0.316. The molecule has 0 spiro atoms. The molecule has 0 radical (unpaired) electrons. The van der Waals surface area contributed by atoms with Gasteiger partial charge >= 0.3 is 0 Å². The Hall–Kier alpha value is -2.43. The minimum atomic E-state index is -0.410. The van der Waals surface area contributed by atoms with Crippen molar-refractivity contribution in [1.29, 1.82) is 0 Å². The number of rotatable bonds is 8. The number of nitro groups is 1. The lowest BCUT2D eigenvalue weighted by Gasteiger charge is -2.20. The minimum absolute atomic E-state index is 0. The molecule has 2 rings (SSSR count). The molecule has 0 aromatic heterocycles. The molecule has 0 aliphatic heterocycles. The predicted molar refractivity (Wildman–Crippen MR) is 118 cm³/mol. The summed E-state index contributed by atoms with van der Waals surface area (Å²) >= 11 is 0. The van der Waals surface area contributed by atoms with Crippen molar-refractivity contribution in [2.45, 2.75) is 26.0 Å². The van der Waals surface area contributed by atoms with Crippen LogP contribution in [0, 0.1) is 15.9 Å². The summed E-state index contributed by atoms with van der Waals surface area (Å²) in [6.45, 7) is 2.68. The predicted octanol–water partition coefficient (Wildman–Crippen LogP) is 3.87. The molecular formula is C19H24FIN4O3. The number of nitro benzene ring substituents is 1. The van der Waals surface area contributed by atoms with E-state index in [-0.39, 0.29) is 48.1 Å². The molecule has 2 N–H and O–H groups in total. The van der Waals surface area contributed by atoms with Crippen molar-refractivity contribution >= 4 is 35.6 Å². The lowest BCUT2D eigenvalue weighted by molar-refractivity contribution is -0.385. The van der Waals surface area contributed by atoms with E-state index in [9.17, 15) is 14.5 Å². The SMILES string of the molecule is CCC(CNC(=NC)NCc1ccccc1[N+](=O)[O-])Oc1cccc(F)c1.I. The van der Waals surface area contributed by atoms with E-state index < -0.39 is 4.92 Å². The minimum Gasteiger partial charge on any atom is -0.489 e. The van der Waals surface area contributed by atoms with E-state index in [4.69, 9.17) is 4.74 Å². The average Bonchev–Trinajstić information content (AvgIpc) is 2.67. The monoisotopic (exact) mass is 502 g/mol. The molecule has 0 amide bonds. The zero-order valence-electron chi connectivity index (χ0n) is 15.7. The van der Waals surface area contributed by atoms with Gasteiger partial charge in [-0.2, -0.15) is 0 Å². The fourth-order valence-electron chi connectivity index (χ4n) is 2.45. The standard InChI is InChI=1S/C19H23FN4O3.HI/c1-3-16(27-17-9-6-8-15(20)11-17)13-23-19(21-2)22-12-14-7-4-5-10-18(14)24(25)26;/h4-11,16H,3,12-13H2,1-2H3,(H2,21,22,23);1H. The maximum atomic E-state index is 13.3. The van der Waals surface area contributed by atoms with Crippen LogP contribution < -0.4 is 15.4 Å². The van der Waals surface area contributed by atoms with Crippen LogP contribution in [0.2, 0.25) is 0 Å². The van der Waals surface area contributed by atoms with Crippen LogP contribution >= 0.6 is 24.0 Å². The van der Waals surface area contributed by atoms with E-state index >= 15 is 0 Å². The number of para-hydroxylation sites is 1. The van der Waals surface area contributed by atoms with Gasteiger partial charge in [0.15, 0.2) is 5.96 Å². The normalized spacial score (nSPS) is 11.9. The zero-order valence-corrected chi connectivity index (χ0v) is 18.1. The Labute approximate surface area is 180 Å². The Morgan fingerprint density at radius 1 is 1.25 bits per heavy atom. The Kier molecular flexibility index (Phi) is 10.2. The highest BCUT2D eigenvalue weighted by Gasteiger charge is 2.13. The molecule has 0 fully saturated rings. The van der Waals surface area contributed by atoms with Crippen LogP contribution in [0.3, 0.4) is 0 Å². The number of guanidine groups is 1. The van der Waals surface area contributed by atoms with Crippen LogP contribution in [0.15, 0.2) is 53.5 Å². The summed E-state index contributed by atoms with van der Waals surface area (Å²) < 4.78 is 19.0. The molecule has 0 bridgehead atoms. The molecule has 152 valence electrons. The first-order valence-electron chi connectivity index (χ1n) is 8.62. The van der Waals surface area contributed by atoms with E-state index in [0.717, 1.165) is 0 Å². The van der Waals surface area contributed by atoms with Gasteiger partial charge in [0, 0.05) is 31.3 Å². The number of ether oxygens (including phenoxy) is 1. The highest BCUT2D eigenvalue weighted by Crippen LogP contribution is 2.17. The van der Waals surface area contributed by atoms with Crippen molar-refractivity contribution in [2.24, 2.45) is 4.99 Å². The number of hydrogen-bond donors (Lipinski definition) is 2. The molecule has 28 heavy (non-hydrogen) atoms. The molecule has 7 nitrogen and oxygen atoms in total. The van der Waals surface area contributed by atoms with Crippen LogP contribution in [0.1, 0.15) is 18.9 Å². The van der Waals surface area contributed by atoms with E-state index in [1.54, 1.807) is 37.4 Å². The summed E-state index contributed by atoms with van der Waals surface area (Å²) in [6, 6.07) is 12.5. The topological polar surface area (TPSA) is 88.8 Å². The first-order valence-corrected chi connectivity index (χ1v) is 8.62. The smallest absolute Gasteiger partial charge is 0.274 e. The van der Waals surface area contributed by atoms with Crippen LogP contribution in [-0.4, -0.2) is 30.6 Å². The molecule has 1 atom stereocenters. The second-order valence-electron chi connectivity index (χ2n) is 5.80. The van der Waals surface area contributed by atoms with Gasteiger partial charge < -0.3 is 15.4 Å². The van der Waals surface area contributed by atoms with Gasteiger partial charge in [-0.1, -0.05) is 31.2 Å². The fourth-order valence-corrected chi connectivity index (χ4v) is 2.45. The van der Waals surface area contributed by atoms with Gasteiger partial charge in [0.2, 0.25) is 0 Å². The van der Waals surface area contributed by atoms with Gasteiger partial charge in [0.25, 0.3) is 5.69 Å². The highest BCUT2D eigenvalue weighted by molar-refractivity contribution is 14.0. The summed E-state index contributed by atoms with van der Waals surface area (Å²) in [6.07, 6.45) is 0.529. The van der Waals surface area contributed by atoms with Crippen LogP contribution in [0.25, 0.3) is 0 Å². The lowest BCUT2D eigenvalue weighted by atomic mass is 10.2. The molecule has 0 saturated heterocycles. The van der Waals surface area contributed by atoms with Crippen molar-refractivity contribution in [3.8, 4) is 5.75 Å². The quantitative estimate of drug-likeness (QED) is 0.188. The second-order valence-corrected chi connectivity index (χ2v) is 5.80. The number of benzene rings is 2. The Balaban J connectivity index is 0.00000392. The maximum absolute atomic E-state index is 13.3. The number of halogens is 2. The van der Waals surface area contributed by atoms with Gasteiger partial charge in [-0.3, -0.25) is 15.1 Å². The number of nitrogens with one attached hydrogen (secondary N) is 2. The van der Waals surface area contributed by atoms with E-state index in [2.05, 4.69) is 15.6 Å². The Morgan fingerprint density at radius 2 is 2.00 bits per heavy atom. The lowest BCUT2D eigenvalue weighted by Crippen LogP contribution is -2.42. The number of hydrogen-bond acceptors (Lipinski definition) is 4. The van der Waals surface area contributed by atoms with E-state index in [1.807, 2.05) is 6.92 Å². The van der Waals surface area contributed by atoms with Crippen LogP contribution in [0.5, 0.6) is 5.75 Å². The molecule has 2 aromatic rings. The molecule has 2 aromatic carbocycles. The summed E-state index contributed by atoms with van der Waals surface area (Å²) in [5, 5.41) is 17.3. The molecule has 0 heterocycles. The van der Waals surface area contributed by atoms with Crippen LogP contribution in [-0.2, 0) is 6.54 Å². The van der Waals surface area contributed by atoms with Gasteiger partial charge in [-0.15, -0.1) is 24.0 Å². The molecule has 0 saturated carbocycles. The van der Waals surface area contributed by atoms with Crippen molar-refractivity contribution in [3.63, 3.8) is 0 Å². The summed E-state index contributed by atoms with van der Waals surface area (Å²) in [7, 11) is 1.61. The number of aliphatic imine (C=N–C) groups is 1. The van der Waals surface area contributed by atoms with Gasteiger partial charge in [-0.25, -0.2) is 4.39 Å². The van der Waals surface area contributed by atoms with Crippen molar-refractivity contribution in [2.75, 3.05) is 13.6 Å². The third kappa shape index (κ3) is 7.29. The van der Waals surface area contributed by atoms with E-state index in [1.165, 1.54) is 18.2 Å². The maximum Gasteiger partial charge on any atom is 0.274 e. The number of nitrogens with zero attached hydrogens (tertiary/aromatic N) is 2. The molecular weight excluding hydrogens is 478 g/mol. The first kappa shape index (κ1) is 23.6. The third-order valence-corrected chi connectivity index (χ3v) is 3.91. The molecule has 1 unspecified atom stereocenters. The zero-order chi connectivity index (χ0) is 19.6. The van der Waals surface area contributed by atoms with Gasteiger partial charge in [0.1, 0.15) is 17.7 Å². The second kappa shape index (κ2) is 12.1. The third-order valence-electron chi connectivity index (χ3n) is 3.91. The van der Waals surface area contributed by atoms with Crippen LogP contribution in [0.4, 0.5) is 10.1 Å². The van der Waals surface area contributed by atoms with E-state index in [0.29, 0.717) is 30.2 Å². The molecule has 0 aliphatic rings. The summed E-state index contributed by atoms with van der Waals surface area (Å²) in [5.41, 5.74) is 0.620. The molecule has 9 heteroatoms. The Morgan fingerprint density at radius 3 is 2.64 bits per heavy atom. The van der Waals surface area contributed by atoms with Gasteiger partial charge in [-0.05, 0) is 18.6 Å². The van der Waals surface area contributed by atoms with Crippen molar-refractivity contribution < 1.29 is 14.1 Å². The highest BCUT2D eigenvalue weighted by atomic mass is 127. The van der Waals surface area contributed by atoms with Crippen molar-refractivity contribution in [1.82, 2.24) is 10.6 Å². The largest absolute Gasteiger partial charge is 0.489 e. The molecule has 0 aliphatic carbocycles.